The van der Waals surface area contributed by atoms with Crippen molar-refractivity contribution in [2.24, 2.45) is 5.73 Å². The van der Waals surface area contributed by atoms with Gasteiger partial charge in [0.2, 0.25) is 0 Å². The fraction of sp³-hybridized carbons (Fsp3) is 0.222. The van der Waals surface area contributed by atoms with Crippen molar-refractivity contribution in [3.8, 4) is 0 Å². The Morgan fingerprint density at radius 3 is 2.75 bits per heavy atom. The SMILES string of the molecule is Cc1ccc(C(=O)CN)cc1Br. The predicted octanol–water partition coefficient (Wildman–Crippen LogP) is 1.90. The standard InChI is InChI=1S/C9H10BrNO/c1-6-2-3-7(4-8(6)10)9(12)5-11/h2-4H,5,11H2,1H3. The molecule has 0 spiro atoms. The monoisotopic (exact) mass is 227 g/mol. The predicted molar refractivity (Wildman–Crippen MR) is 52.3 cm³/mol. The van der Waals surface area contributed by atoms with E-state index >= 15 is 0 Å². The van der Waals surface area contributed by atoms with Crippen LogP contribution in [0.4, 0.5) is 0 Å². The number of benzene rings is 1. The van der Waals surface area contributed by atoms with Gasteiger partial charge in [0.25, 0.3) is 0 Å². The molecule has 0 aliphatic heterocycles. The van der Waals surface area contributed by atoms with Crippen LogP contribution in [0.5, 0.6) is 0 Å². The van der Waals surface area contributed by atoms with Gasteiger partial charge in [0.15, 0.2) is 5.78 Å². The number of hydrogen-bond donors (Lipinski definition) is 1. The fourth-order valence-electron chi connectivity index (χ4n) is 0.884. The maximum Gasteiger partial charge on any atom is 0.176 e. The Labute approximate surface area is 79.9 Å². The first-order valence-electron chi connectivity index (χ1n) is 3.64. The number of nitrogens with two attached hydrogens (primary N) is 1. The summed E-state index contributed by atoms with van der Waals surface area (Å²) in [7, 11) is 0. The Morgan fingerprint density at radius 2 is 2.25 bits per heavy atom. The van der Waals surface area contributed by atoms with Crippen molar-refractivity contribution in [2.75, 3.05) is 6.54 Å². The van der Waals surface area contributed by atoms with Gasteiger partial charge in [0.1, 0.15) is 0 Å². The minimum atomic E-state index is -0.0318. The van der Waals surface area contributed by atoms with E-state index in [1.54, 1.807) is 12.1 Å². The molecule has 1 aromatic carbocycles. The summed E-state index contributed by atoms with van der Waals surface area (Å²) in [6.45, 7) is 2.04. The molecule has 0 aliphatic carbocycles. The molecule has 0 aromatic heterocycles. The lowest BCUT2D eigenvalue weighted by molar-refractivity contribution is 0.100. The van der Waals surface area contributed by atoms with Crippen LogP contribution in [0.2, 0.25) is 0 Å². The molecule has 1 rings (SSSR count). The van der Waals surface area contributed by atoms with Gasteiger partial charge in [-0.25, -0.2) is 0 Å². The number of carbonyl (C=O) groups is 1. The summed E-state index contributed by atoms with van der Waals surface area (Å²) in [6.07, 6.45) is 0. The first-order chi connectivity index (χ1) is 5.65. The molecule has 2 nitrogen and oxygen atoms in total. The normalized spacial score (nSPS) is 9.92. The molecule has 0 aliphatic rings. The molecule has 0 radical (unpaired) electrons. The average molecular weight is 228 g/mol. The average Bonchev–Trinajstić information content (AvgIpc) is 2.08. The molecular formula is C9H10BrNO. The molecule has 3 heteroatoms. The molecule has 1 aromatic rings. The molecular weight excluding hydrogens is 218 g/mol. The van der Waals surface area contributed by atoms with Crippen LogP contribution in [0.25, 0.3) is 0 Å². The van der Waals surface area contributed by atoms with Gasteiger partial charge in [-0.05, 0) is 18.6 Å². The Hall–Kier alpha value is -0.670. The minimum absolute atomic E-state index is 0.0318. The Kier molecular flexibility index (Phi) is 3.00. The first-order valence-corrected chi connectivity index (χ1v) is 4.44. The van der Waals surface area contributed by atoms with Crippen molar-refractivity contribution in [2.45, 2.75) is 6.92 Å². The summed E-state index contributed by atoms with van der Waals surface area (Å²) in [6, 6.07) is 5.48. The van der Waals surface area contributed by atoms with Gasteiger partial charge in [0.05, 0.1) is 6.54 Å². The molecule has 0 heterocycles. The second kappa shape index (κ2) is 3.83. The molecule has 12 heavy (non-hydrogen) atoms. The van der Waals surface area contributed by atoms with Gasteiger partial charge < -0.3 is 5.73 Å². The molecule has 0 saturated heterocycles. The van der Waals surface area contributed by atoms with Crippen LogP contribution in [-0.4, -0.2) is 12.3 Å². The first kappa shape index (κ1) is 9.42. The third-order valence-electron chi connectivity index (χ3n) is 1.68. The highest BCUT2D eigenvalue weighted by Crippen LogP contribution is 2.17. The number of Topliss-reactive ketones (excluding diaryl/α,β-unsaturated/α-hetero) is 1. The maximum atomic E-state index is 11.1. The highest BCUT2D eigenvalue weighted by molar-refractivity contribution is 9.10. The smallest absolute Gasteiger partial charge is 0.176 e. The highest BCUT2D eigenvalue weighted by Gasteiger charge is 2.03. The Balaban J connectivity index is 3.05. The van der Waals surface area contributed by atoms with Crippen LogP contribution >= 0.6 is 15.9 Å². The van der Waals surface area contributed by atoms with E-state index in [9.17, 15) is 4.79 Å². The van der Waals surface area contributed by atoms with Crippen LogP contribution in [-0.2, 0) is 0 Å². The van der Waals surface area contributed by atoms with Gasteiger partial charge in [0, 0.05) is 10.0 Å². The second-order valence-electron chi connectivity index (χ2n) is 2.59. The van der Waals surface area contributed by atoms with Gasteiger partial charge in [-0.15, -0.1) is 0 Å². The van der Waals surface area contributed by atoms with E-state index in [2.05, 4.69) is 15.9 Å². The summed E-state index contributed by atoms with van der Waals surface area (Å²) >= 11 is 3.35. The number of carbonyl (C=O) groups excluding carboxylic acids is 1. The van der Waals surface area contributed by atoms with E-state index in [0.29, 0.717) is 5.56 Å². The van der Waals surface area contributed by atoms with Crippen LogP contribution in [0.15, 0.2) is 22.7 Å². The third kappa shape index (κ3) is 1.93. The minimum Gasteiger partial charge on any atom is -0.324 e. The van der Waals surface area contributed by atoms with Crippen molar-refractivity contribution in [3.05, 3.63) is 33.8 Å². The van der Waals surface area contributed by atoms with Gasteiger partial charge in [-0.3, -0.25) is 4.79 Å². The number of ketones is 1. The molecule has 0 bridgehead atoms. The van der Waals surface area contributed by atoms with Crippen LogP contribution in [0.3, 0.4) is 0 Å². The van der Waals surface area contributed by atoms with Crippen LogP contribution in [0.1, 0.15) is 15.9 Å². The molecule has 0 unspecified atom stereocenters. The van der Waals surface area contributed by atoms with Crippen molar-refractivity contribution < 1.29 is 4.79 Å². The van der Waals surface area contributed by atoms with Crippen molar-refractivity contribution in [3.63, 3.8) is 0 Å². The lowest BCUT2D eigenvalue weighted by Gasteiger charge is -2.00. The molecule has 2 N–H and O–H groups in total. The van der Waals surface area contributed by atoms with Crippen molar-refractivity contribution >= 4 is 21.7 Å². The number of halogens is 1. The van der Waals surface area contributed by atoms with E-state index in [4.69, 9.17) is 5.73 Å². The van der Waals surface area contributed by atoms with Gasteiger partial charge in [-0.2, -0.15) is 0 Å². The molecule has 0 saturated carbocycles. The summed E-state index contributed by atoms with van der Waals surface area (Å²) in [4.78, 5) is 11.1. The van der Waals surface area contributed by atoms with E-state index in [1.165, 1.54) is 0 Å². The summed E-state index contributed by atoms with van der Waals surface area (Å²) in [5.41, 5.74) is 7.00. The lowest BCUT2D eigenvalue weighted by Crippen LogP contribution is -2.13. The molecule has 0 amide bonds. The highest BCUT2D eigenvalue weighted by atomic mass is 79.9. The van der Waals surface area contributed by atoms with E-state index < -0.39 is 0 Å². The molecule has 64 valence electrons. The molecule has 0 atom stereocenters. The zero-order valence-electron chi connectivity index (χ0n) is 6.80. The second-order valence-corrected chi connectivity index (χ2v) is 3.45. The maximum absolute atomic E-state index is 11.1. The van der Waals surface area contributed by atoms with Crippen molar-refractivity contribution in [1.29, 1.82) is 0 Å². The van der Waals surface area contributed by atoms with Gasteiger partial charge in [-0.1, -0.05) is 28.1 Å². The summed E-state index contributed by atoms with van der Waals surface area (Å²) < 4.78 is 0.946. The fourth-order valence-corrected chi connectivity index (χ4v) is 1.26. The van der Waals surface area contributed by atoms with Crippen molar-refractivity contribution in [1.82, 2.24) is 0 Å². The largest absolute Gasteiger partial charge is 0.324 e. The molecule has 0 fully saturated rings. The summed E-state index contributed by atoms with van der Waals surface area (Å²) in [5.74, 6) is -0.0318. The van der Waals surface area contributed by atoms with Crippen LogP contribution in [0, 0.1) is 6.92 Å². The Bertz CT molecular complexity index is 309. The van der Waals surface area contributed by atoms with Gasteiger partial charge >= 0.3 is 0 Å². The van der Waals surface area contributed by atoms with E-state index in [1.807, 2.05) is 13.0 Å². The summed E-state index contributed by atoms with van der Waals surface area (Å²) in [5, 5.41) is 0. The third-order valence-corrected chi connectivity index (χ3v) is 2.53. The number of aryl methyl sites for hydroxylation is 1. The lowest BCUT2D eigenvalue weighted by atomic mass is 10.1. The number of rotatable bonds is 2. The quantitative estimate of drug-likeness (QED) is 0.785. The number of hydrogen-bond acceptors (Lipinski definition) is 2. The topological polar surface area (TPSA) is 43.1 Å². The zero-order valence-corrected chi connectivity index (χ0v) is 8.39. The van der Waals surface area contributed by atoms with Crippen LogP contribution < -0.4 is 5.73 Å². The Morgan fingerprint density at radius 1 is 1.58 bits per heavy atom. The van der Waals surface area contributed by atoms with E-state index in [-0.39, 0.29) is 12.3 Å². The zero-order chi connectivity index (χ0) is 9.14. The van der Waals surface area contributed by atoms with E-state index in [0.717, 1.165) is 10.0 Å².